The highest BCUT2D eigenvalue weighted by Gasteiger charge is 2.25. The first kappa shape index (κ1) is 35.3. The highest BCUT2D eigenvalue weighted by molar-refractivity contribution is 7.16. The van der Waals surface area contributed by atoms with E-state index in [1.165, 1.54) is 25.5 Å². The minimum atomic E-state index is -0.743. The predicted molar refractivity (Wildman–Crippen MR) is 177 cm³/mol. The maximum absolute atomic E-state index is 14.0. The van der Waals surface area contributed by atoms with E-state index < -0.39 is 23.3 Å². The Kier molecular flexibility index (Phi) is 12.3. The fraction of sp³-hybridized carbons (Fsp3) is 0.455. The van der Waals surface area contributed by atoms with Gasteiger partial charge in [-0.3, -0.25) is 9.59 Å². The number of methoxy groups -OCH3 is 1. The van der Waals surface area contributed by atoms with Crippen molar-refractivity contribution in [1.82, 2.24) is 9.66 Å². The summed E-state index contributed by atoms with van der Waals surface area (Å²) in [6.45, 7) is 12.4. The Morgan fingerprint density at radius 1 is 1.20 bits per heavy atom. The zero-order chi connectivity index (χ0) is 33.4. The SMILES string of the molecule is C=c1c(C#N)c(O)n(N(C)C(=O)C(C)C)c(=O)/c1=C\c1sc(N(CCCC)CCCC)nc1-c1c(CO)cc(CO)cc1OC. The highest BCUT2D eigenvalue weighted by atomic mass is 32.1. The molecule has 0 atom stereocenters. The van der Waals surface area contributed by atoms with Gasteiger partial charge in [0.1, 0.15) is 17.4 Å². The van der Waals surface area contributed by atoms with Gasteiger partial charge in [0.25, 0.3) is 5.56 Å². The number of benzene rings is 1. The molecule has 12 heteroatoms. The number of aliphatic hydroxyl groups excluding tert-OH is 2. The molecule has 242 valence electrons. The van der Waals surface area contributed by atoms with Crippen molar-refractivity contribution in [2.24, 2.45) is 5.92 Å². The number of nitrogens with zero attached hydrogens (tertiary/aromatic N) is 5. The fourth-order valence-corrected chi connectivity index (χ4v) is 6.04. The summed E-state index contributed by atoms with van der Waals surface area (Å²) in [6.07, 6.45) is 5.43. The molecule has 1 aromatic carbocycles. The van der Waals surface area contributed by atoms with Crippen LogP contribution < -0.4 is 30.6 Å². The molecule has 3 N–H and O–H groups in total. The van der Waals surface area contributed by atoms with E-state index in [2.05, 4.69) is 25.3 Å². The van der Waals surface area contributed by atoms with Gasteiger partial charge in [-0.2, -0.15) is 9.94 Å². The summed E-state index contributed by atoms with van der Waals surface area (Å²) >= 11 is 1.34. The average Bonchev–Trinajstić information content (AvgIpc) is 3.44. The van der Waals surface area contributed by atoms with Gasteiger partial charge >= 0.3 is 0 Å². The molecule has 1 amide bonds. The number of pyridine rings is 1. The lowest BCUT2D eigenvalue weighted by atomic mass is 9.99. The van der Waals surface area contributed by atoms with Crippen LogP contribution in [-0.2, 0) is 18.0 Å². The largest absolute Gasteiger partial charge is 0.496 e. The summed E-state index contributed by atoms with van der Waals surface area (Å²) in [4.78, 5) is 34.6. The Morgan fingerprint density at radius 2 is 1.84 bits per heavy atom. The van der Waals surface area contributed by atoms with Crippen molar-refractivity contribution in [3.8, 4) is 29.0 Å². The molecule has 0 spiro atoms. The molecule has 0 bridgehead atoms. The molecule has 0 aliphatic heterocycles. The lowest BCUT2D eigenvalue weighted by Gasteiger charge is -2.23. The summed E-state index contributed by atoms with van der Waals surface area (Å²) < 4.78 is 6.49. The first-order valence-electron chi connectivity index (χ1n) is 15.0. The smallest absolute Gasteiger partial charge is 0.280 e. The van der Waals surface area contributed by atoms with Gasteiger partial charge in [-0.1, -0.05) is 64.5 Å². The maximum atomic E-state index is 14.0. The number of anilines is 1. The van der Waals surface area contributed by atoms with E-state index in [-0.39, 0.29) is 29.2 Å². The average molecular weight is 638 g/mol. The number of rotatable bonds is 14. The van der Waals surface area contributed by atoms with E-state index in [1.807, 2.05) is 6.07 Å². The molecule has 0 aliphatic carbocycles. The lowest BCUT2D eigenvalue weighted by molar-refractivity contribution is -0.122. The third-order valence-electron chi connectivity index (χ3n) is 7.50. The number of hydrogen-bond acceptors (Lipinski definition) is 10. The lowest BCUT2D eigenvalue weighted by Crippen LogP contribution is -2.54. The number of aromatic hydroxyl groups is 1. The van der Waals surface area contributed by atoms with Crippen LogP contribution in [0.1, 0.15) is 74.9 Å². The number of carbonyl (C=O) groups excluding carboxylic acids is 1. The van der Waals surface area contributed by atoms with Crippen molar-refractivity contribution in [2.45, 2.75) is 66.6 Å². The van der Waals surface area contributed by atoms with Crippen LogP contribution in [0.5, 0.6) is 11.6 Å². The standard InChI is InChI=1S/C33H43N5O6S/c1-8-10-12-37(13-11-9-2)33-35-29(28-23(19-40)14-22(18-39)15-26(28)44-7)27(45-33)16-24-21(5)25(17-34)32(43)38(31(24)42)36(6)30(41)20(3)4/h14-16,20,39-40,43H,5,8-13,18-19H2,1-4,6-7H3/b24-16-. The second-order valence-corrected chi connectivity index (χ2v) is 12.0. The topological polar surface area (TPSA) is 152 Å². The number of carbonyl (C=O) groups is 1. The van der Waals surface area contributed by atoms with Crippen molar-refractivity contribution in [3.05, 3.63) is 54.5 Å². The molecule has 0 saturated carbocycles. The number of ether oxygens (including phenoxy) is 1. The second-order valence-electron chi connectivity index (χ2n) is 11.0. The summed E-state index contributed by atoms with van der Waals surface area (Å²) in [7, 11) is 2.84. The van der Waals surface area contributed by atoms with Gasteiger partial charge < -0.3 is 25.0 Å². The number of amides is 1. The molecule has 45 heavy (non-hydrogen) atoms. The fourth-order valence-electron chi connectivity index (χ4n) is 4.98. The van der Waals surface area contributed by atoms with E-state index in [0.717, 1.165) is 48.5 Å². The number of aromatic nitrogens is 2. The molecule has 0 unspecified atom stereocenters. The number of unbranched alkanes of at least 4 members (excludes halogenated alkanes) is 2. The molecular weight excluding hydrogens is 594 g/mol. The van der Waals surface area contributed by atoms with Crippen molar-refractivity contribution < 1.29 is 24.9 Å². The minimum Gasteiger partial charge on any atom is -0.496 e. The zero-order valence-electron chi connectivity index (χ0n) is 26.9. The molecule has 3 aromatic rings. The second kappa shape index (κ2) is 15.7. The molecule has 2 aromatic heterocycles. The Labute approximate surface area is 267 Å². The van der Waals surface area contributed by atoms with Crippen LogP contribution in [0, 0.1) is 17.2 Å². The van der Waals surface area contributed by atoms with E-state index in [4.69, 9.17) is 9.72 Å². The molecule has 0 fully saturated rings. The summed E-state index contributed by atoms with van der Waals surface area (Å²) in [5.41, 5.74) is 0.954. The van der Waals surface area contributed by atoms with Crippen molar-refractivity contribution in [3.63, 3.8) is 0 Å². The minimum absolute atomic E-state index is 0.00124. The van der Waals surface area contributed by atoms with Crippen LogP contribution in [0.3, 0.4) is 0 Å². The van der Waals surface area contributed by atoms with Crippen LogP contribution in [0.25, 0.3) is 23.9 Å². The van der Waals surface area contributed by atoms with Gasteiger partial charge in [0.2, 0.25) is 11.8 Å². The van der Waals surface area contributed by atoms with E-state index in [1.54, 1.807) is 32.1 Å². The Hall–Kier alpha value is -4.18. The molecule has 0 saturated heterocycles. The Bertz CT molecular complexity index is 1710. The Morgan fingerprint density at radius 3 is 2.36 bits per heavy atom. The zero-order valence-corrected chi connectivity index (χ0v) is 27.7. The molecular formula is C33H43N5O6S. The van der Waals surface area contributed by atoms with Gasteiger partial charge in [-0.05, 0) is 36.1 Å². The molecule has 0 aliphatic rings. The molecule has 2 heterocycles. The van der Waals surface area contributed by atoms with E-state index in [0.29, 0.717) is 38.1 Å². The van der Waals surface area contributed by atoms with E-state index >= 15 is 0 Å². The van der Waals surface area contributed by atoms with Crippen molar-refractivity contribution >= 4 is 35.0 Å². The number of aliphatic hydroxyl groups is 2. The Balaban J connectivity index is 2.50. The normalized spacial score (nSPS) is 11.6. The van der Waals surface area contributed by atoms with Crippen LogP contribution in [0.2, 0.25) is 0 Å². The van der Waals surface area contributed by atoms with Gasteiger partial charge in [0.05, 0.1) is 36.1 Å². The number of hydrogen-bond donors (Lipinski definition) is 3. The summed E-state index contributed by atoms with van der Waals surface area (Å²) in [5.74, 6) is -1.23. The van der Waals surface area contributed by atoms with Gasteiger partial charge in [0, 0.05) is 36.8 Å². The van der Waals surface area contributed by atoms with Crippen LogP contribution in [-0.4, -0.2) is 58.1 Å². The van der Waals surface area contributed by atoms with Crippen molar-refractivity contribution in [1.29, 1.82) is 5.26 Å². The maximum Gasteiger partial charge on any atom is 0.280 e. The highest BCUT2D eigenvalue weighted by Crippen LogP contribution is 2.41. The van der Waals surface area contributed by atoms with Crippen LogP contribution in [0.4, 0.5) is 5.13 Å². The number of thiazole rings is 1. The van der Waals surface area contributed by atoms with Gasteiger partial charge in [-0.25, -0.2) is 9.99 Å². The molecule has 3 rings (SSSR count). The molecule has 11 nitrogen and oxygen atoms in total. The summed E-state index contributed by atoms with van der Waals surface area (Å²) in [5, 5.41) is 42.7. The quantitative estimate of drug-likeness (QED) is 0.242. The predicted octanol–water partition coefficient (Wildman–Crippen LogP) is 2.94. The van der Waals surface area contributed by atoms with Crippen LogP contribution >= 0.6 is 11.3 Å². The summed E-state index contributed by atoms with van der Waals surface area (Å²) in [6, 6.07) is 5.26. The third-order valence-corrected chi connectivity index (χ3v) is 8.57. The van der Waals surface area contributed by atoms with Crippen molar-refractivity contribution in [2.75, 3.05) is 37.2 Å². The monoisotopic (exact) mass is 637 g/mol. The van der Waals surface area contributed by atoms with E-state index in [9.17, 15) is 30.2 Å². The number of nitriles is 1. The molecule has 0 radical (unpaired) electrons. The third kappa shape index (κ3) is 7.39. The van der Waals surface area contributed by atoms with Gasteiger partial charge in [-0.15, -0.1) is 0 Å². The van der Waals surface area contributed by atoms with Crippen LogP contribution in [0.15, 0.2) is 16.9 Å². The van der Waals surface area contributed by atoms with Gasteiger partial charge in [0.15, 0.2) is 5.13 Å². The first-order chi connectivity index (χ1) is 21.5. The first-order valence-corrected chi connectivity index (χ1v) is 15.8.